The average molecular weight is 459 g/mol. The topological polar surface area (TPSA) is 92.8 Å². The van der Waals surface area contributed by atoms with Crippen molar-refractivity contribution in [3.05, 3.63) is 59.2 Å². The van der Waals surface area contributed by atoms with Gasteiger partial charge >= 0.3 is 5.97 Å². The predicted molar refractivity (Wildman–Crippen MR) is 123 cm³/mol. The molecular formula is C24H30N2O5S. The molecule has 172 valence electrons. The third-order valence-electron chi connectivity index (χ3n) is 5.60. The summed E-state index contributed by atoms with van der Waals surface area (Å²) in [6, 6.07) is 11.4. The number of nitrogens with one attached hydrogen (secondary N) is 1. The monoisotopic (exact) mass is 458 g/mol. The van der Waals surface area contributed by atoms with Crippen LogP contribution in [0, 0.1) is 13.8 Å². The van der Waals surface area contributed by atoms with Crippen molar-refractivity contribution < 1.29 is 22.7 Å². The highest BCUT2D eigenvalue weighted by molar-refractivity contribution is 7.89. The molecule has 0 spiro atoms. The molecule has 0 aliphatic carbocycles. The number of hydrogen-bond donors (Lipinski definition) is 1. The van der Waals surface area contributed by atoms with Crippen LogP contribution >= 0.6 is 0 Å². The van der Waals surface area contributed by atoms with Crippen LogP contribution < -0.4 is 5.32 Å². The normalized spacial score (nSPS) is 16.1. The van der Waals surface area contributed by atoms with Crippen LogP contribution in [0.25, 0.3) is 0 Å². The van der Waals surface area contributed by atoms with Crippen LogP contribution in [0.2, 0.25) is 0 Å². The number of amides is 1. The highest BCUT2D eigenvalue weighted by Crippen LogP contribution is 2.21. The summed E-state index contributed by atoms with van der Waals surface area (Å²) >= 11 is 0. The lowest BCUT2D eigenvalue weighted by Crippen LogP contribution is -2.32. The molecule has 1 amide bonds. The number of aryl methyl sites for hydroxylation is 2. The summed E-state index contributed by atoms with van der Waals surface area (Å²) in [7, 11) is -3.59. The number of carbonyl (C=O) groups is 2. The zero-order chi connectivity index (χ0) is 23.3. The first-order valence-corrected chi connectivity index (χ1v) is 12.3. The quantitative estimate of drug-likeness (QED) is 0.659. The first-order valence-electron chi connectivity index (χ1n) is 10.9. The number of hydrogen-bond acceptors (Lipinski definition) is 5. The van der Waals surface area contributed by atoms with Crippen LogP contribution in [0.1, 0.15) is 54.1 Å². The van der Waals surface area contributed by atoms with Gasteiger partial charge in [-0.15, -0.1) is 0 Å². The Labute approximate surface area is 189 Å². The maximum absolute atomic E-state index is 12.9. The van der Waals surface area contributed by atoms with Gasteiger partial charge in [0, 0.05) is 18.8 Å². The molecular weight excluding hydrogens is 428 g/mol. The van der Waals surface area contributed by atoms with Crippen molar-refractivity contribution >= 4 is 27.6 Å². The van der Waals surface area contributed by atoms with E-state index in [-0.39, 0.29) is 10.5 Å². The molecule has 8 heteroatoms. The predicted octanol–water partition coefficient (Wildman–Crippen LogP) is 4.05. The Morgan fingerprint density at radius 2 is 1.59 bits per heavy atom. The van der Waals surface area contributed by atoms with Gasteiger partial charge in [0.05, 0.1) is 10.5 Å². The van der Waals surface area contributed by atoms with E-state index in [9.17, 15) is 18.0 Å². The Morgan fingerprint density at radius 1 is 0.969 bits per heavy atom. The second-order valence-electron chi connectivity index (χ2n) is 8.20. The van der Waals surface area contributed by atoms with Gasteiger partial charge in [-0.2, -0.15) is 4.31 Å². The van der Waals surface area contributed by atoms with E-state index in [0.717, 1.165) is 36.8 Å². The van der Waals surface area contributed by atoms with E-state index in [1.165, 1.54) is 35.5 Å². The van der Waals surface area contributed by atoms with E-state index in [2.05, 4.69) is 5.32 Å². The molecule has 2 aromatic rings. The van der Waals surface area contributed by atoms with Crippen molar-refractivity contribution in [1.29, 1.82) is 0 Å². The van der Waals surface area contributed by atoms with E-state index in [1.54, 1.807) is 0 Å². The molecule has 1 aliphatic heterocycles. The fraction of sp³-hybridized carbons (Fsp3) is 0.417. The Morgan fingerprint density at radius 3 is 2.22 bits per heavy atom. The molecule has 0 bridgehead atoms. The van der Waals surface area contributed by atoms with Gasteiger partial charge < -0.3 is 10.1 Å². The van der Waals surface area contributed by atoms with E-state index < -0.39 is 28.0 Å². The first kappa shape index (κ1) is 23.9. The van der Waals surface area contributed by atoms with Crippen molar-refractivity contribution in [2.75, 3.05) is 18.4 Å². The molecule has 1 N–H and O–H groups in total. The van der Waals surface area contributed by atoms with Crippen LogP contribution in [0.4, 0.5) is 5.69 Å². The van der Waals surface area contributed by atoms with Gasteiger partial charge in [0.15, 0.2) is 6.10 Å². The van der Waals surface area contributed by atoms with Gasteiger partial charge in [-0.05, 0) is 75.1 Å². The lowest BCUT2D eigenvalue weighted by atomic mass is 10.1. The molecule has 1 unspecified atom stereocenters. The van der Waals surface area contributed by atoms with Crippen molar-refractivity contribution in [3.8, 4) is 0 Å². The van der Waals surface area contributed by atoms with Crippen LogP contribution in [0.5, 0.6) is 0 Å². The van der Waals surface area contributed by atoms with Crippen LogP contribution in [0.3, 0.4) is 0 Å². The molecule has 0 aromatic heterocycles. The maximum atomic E-state index is 12.9. The summed E-state index contributed by atoms with van der Waals surface area (Å²) in [5.74, 6) is -1.13. The van der Waals surface area contributed by atoms with Crippen molar-refractivity contribution in [2.45, 2.75) is 57.5 Å². The second-order valence-corrected chi connectivity index (χ2v) is 10.1. The minimum absolute atomic E-state index is 0.150. The zero-order valence-corrected chi connectivity index (χ0v) is 19.6. The summed E-state index contributed by atoms with van der Waals surface area (Å²) in [4.78, 5) is 25.1. The standard InChI is InChI=1S/C24H30N2O5S/c1-17-8-9-18(2)22(16-17)25-23(27)19(3)31-24(28)20-10-12-21(13-11-20)32(29,30)26-14-6-4-5-7-15-26/h8-13,16,19H,4-7,14-15H2,1-3H3,(H,25,27). The number of ether oxygens (including phenoxy) is 1. The molecule has 0 saturated carbocycles. The van der Waals surface area contributed by atoms with Gasteiger partial charge in [0.25, 0.3) is 5.91 Å². The van der Waals surface area contributed by atoms with Crippen LogP contribution in [0.15, 0.2) is 47.4 Å². The van der Waals surface area contributed by atoms with Crippen molar-refractivity contribution in [3.63, 3.8) is 0 Å². The van der Waals surface area contributed by atoms with Crippen molar-refractivity contribution in [2.24, 2.45) is 0 Å². The zero-order valence-electron chi connectivity index (χ0n) is 18.8. The molecule has 2 aromatic carbocycles. The summed E-state index contributed by atoms with van der Waals surface area (Å²) in [5, 5.41) is 2.78. The van der Waals surface area contributed by atoms with E-state index in [1.807, 2.05) is 32.0 Å². The molecule has 7 nitrogen and oxygen atoms in total. The number of rotatable bonds is 6. The Hall–Kier alpha value is -2.71. The second kappa shape index (κ2) is 10.3. The fourth-order valence-corrected chi connectivity index (χ4v) is 5.10. The molecule has 1 atom stereocenters. The summed E-state index contributed by atoms with van der Waals surface area (Å²) in [6.07, 6.45) is 2.76. The molecule has 0 radical (unpaired) electrons. The lowest BCUT2D eigenvalue weighted by molar-refractivity contribution is -0.123. The Bertz CT molecular complexity index is 1070. The van der Waals surface area contributed by atoms with Crippen LogP contribution in [-0.2, 0) is 19.6 Å². The van der Waals surface area contributed by atoms with Crippen molar-refractivity contribution in [1.82, 2.24) is 4.31 Å². The number of benzene rings is 2. The van der Waals surface area contributed by atoms with Crippen LogP contribution in [-0.4, -0.2) is 43.8 Å². The molecule has 1 heterocycles. The number of nitrogens with zero attached hydrogens (tertiary/aromatic N) is 1. The van der Waals surface area contributed by atoms with Gasteiger partial charge in [0.2, 0.25) is 10.0 Å². The Balaban J connectivity index is 1.63. The third-order valence-corrected chi connectivity index (χ3v) is 7.51. The number of carbonyl (C=O) groups excluding carboxylic acids is 2. The summed E-state index contributed by atoms with van der Waals surface area (Å²) in [5.41, 5.74) is 2.77. The molecule has 1 saturated heterocycles. The summed E-state index contributed by atoms with van der Waals surface area (Å²) < 4.78 is 32.5. The smallest absolute Gasteiger partial charge is 0.338 e. The lowest BCUT2D eigenvalue weighted by Gasteiger charge is -2.20. The molecule has 1 fully saturated rings. The van der Waals surface area contributed by atoms with E-state index in [0.29, 0.717) is 18.8 Å². The third kappa shape index (κ3) is 5.75. The van der Waals surface area contributed by atoms with E-state index in [4.69, 9.17) is 4.74 Å². The van der Waals surface area contributed by atoms with E-state index >= 15 is 0 Å². The number of anilines is 1. The SMILES string of the molecule is Cc1ccc(C)c(NC(=O)C(C)OC(=O)c2ccc(S(=O)(=O)N3CCCCCC3)cc2)c1. The average Bonchev–Trinajstić information content (AvgIpc) is 3.06. The van der Waals surface area contributed by atoms with Gasteiger partial charge in [-0.1, -0.05) is 25.0 Å². The fourth-order valence-electron chi connectivity index (χ4n) is 3.58. The number of esters is 1. The summed E-state index contributed by atoms with van der Waals surface area (Å²) in [6.45, 7) is 6.33. The first-order chi connectivity index (χ1) is 15.2. The maximum Gasteiger partial charge on any atom is 0.338 e. The highest BCUT2D eigenvalue weighted by atomic mass is 32.2. The number of sulfonamides is 1. The highest BCUT2D eigenvalue weighted by Gasteiger charge is 2.26. The molecule has 1 aliphatic rings. The molecule has 32 heavy (non-hydrogen) atoms. The molecule has 3 rings (SSSR count). The Kier molecular flexibility index (Phi) is 7.69. The minimum Gasteiger partial charge on any atom is -0.449 e. The van der Waals surface area contributed by atoms with Gasteiger partial charge in [0.1, 0.15) is 0 Å². The largest absolute Gasteiger partial charge is 0.449 e. The van der Waals surface area contributed by atoms with Gasteiger partial charge in [-0.3, -0.25) is 4.79 Å². The van der Waals surface area contributed by atoms with Gasteiger partial charge in [-0.25, -0.2) is 13.2 Å². The minimum atomic E-state index is -3.59.